The predicted octanol–water partition coefficient (Wildman–Crippen LogP) is 3.98. The minimum absolute atomic E-state index is 0.323. The number of hydrogen-bond acceptors (Lipinski definition) is 4. The molecule has 5 heteroatoms. The van der Waals surface area contributed by atoms with E-state index in [9.17, 15) is 0 Å². The first-order valence-electron chi connectivity index (χ1n) is 9.43. The van der Waals surface area contributed by atoms with Crippen molar-refractivity contribution in [3.8, 4) is 5.82 Å². The van der Waals surface area contributed by atoms with Gasteiger partial charge in [0.25, 0.3) is 0 Å². The number of rotatable bonds is 4. The predicted molar refractivity (Wildman–Crippen MR) is 106 cm³/mol. The molecule has 0 amide bonds. The van der Waals surface area contributed by atoms with Crippen LogP contribution in [0.15, 0.2) is 67.3 Å². The molecule has 0 bridgehead atoms. The number of aromatic nitrogens is 4. The van der Waals surface area contributed by atoms with Gasteiger partial charge in [0.2, 0.25) is 0 Å². The molecular weight excluding hydrogens is 334 g/mol. The minimum atomic E-state index is 0.323. The Labute approximate surface area is 158 Å². The fraction of sp³-hybridized carbons (Fsp3) is 0.227. The van der Waals surface area contributed by atoms with E-state index < -0.39 is 0 Å². The Morgan fingerprint density at radius 2 is 2.04 bits per heavy atom. The summed E-state index contributed by atoms with van der Waals surface area (Å²) in [4.78, 5) is 8.68. The molecule has 1 aromatic carbocycles. The van der Waals surface area contributed by atoms with Crippen LogP contribution in [0.3, 0.4) is 0 Å². The first kappa shape index (κ1) is 16.1. The van der Waals surface area contributed by atoms with Gasteiger partial charge in [-0.05, 0) is 48.4 Å². The van der Waals surface area contributed by atoms with E-state index in [-0.39, 0.29) is 0 Å². The summed E-state index contributed by atoms with van der Waals surface area (Å²) in [7, 11) is 0. The van der Waals surface area contributed by atoms with E-state index in [1.807, 2.05) is 47.7 Å². The van der Waals surface area contributed by atoms with Crippen molar-refractivity contribution < 1.29 is 0 Å². The number of nitrogens with zero attached hydrogens (tertiary/aromatic N) is 4. The summed E-state index contributed by atoms with van der Waals surface area (Å²) in [6.07, 6.45) is 10.9. The maximum absolute atomic E-state index is 4.63. The fourth-order valence-corrected chi connectivity index (χ4v) is 4.02. The van der Waals surface area contributed by atoms with Crippen LogP contribution in [0.5, 0.6) is 0 Å². The Morgan fingerprint density at radius 1 is 1.04 bits per heavy atom. The number of pyridine rings is 2. The molecule has 1 atom stereocenters. The van der Waals surface area contributed by atoms with E-state index in [0.29, 0.717) is 6.04 Å². The zero-order chi connectivity index (χ0) is 18.1. The van der Waals surface area contributed by atoms with Crippen molar-refractivity contribution in [3.05, 3.63) is 84.1 Å². The summed E-state index contributed by atoms with van der Waals surface area (Å²) in [6.45, 7) is 0.834. The van der Waals surface area contributed by atoms with Crippen molar-refractivity contribution >= 4 is 10.8 Å². The normalized spacial score (nSPS) is 16.4. The molecule has 5 rings (SSSR count). The second kappa shape index (κ2) is 6.93. The van der Waals surface area contributed by atoms with Gasteiger partial charge in [-0.3, -0.25) is 4.98 Å². The Hall–Kier alpha value is -3.05. The summed E-state index contributed by atoms with van der Waals surface area (Å²) >= 11 is 0. The molecule has 27 heavy (non-hydrogen) atoms. The summed E-state index contributed by atoms with van der Waals surface area (Å²) in [5.41, 5.74) is 3.88. The lowest BCUT2D eigenvalue weighted by atomic mass is 9.92. The van der Waals surface area contributed by atoms with Crippen LogP contribution in [-0.4, -0.2) is 19.7 Å². The number of nitrogens with one attached hydrogen (secondary N) is 1. The van der Waals surface area contributed by atoms with Gasteiger partial charge in [-0.25, -0.2) is 9.67 Å². The van der Waals surface area contributed by atoms with E-state index in [2.05, 4.69) is 44.6 Å². The lowest BCUT2D eigenvalue weighted by Crippen LogP contribution is -2.25. The fourth-order valence-electron chi connectivity index (χ4n) is 4.02. The molecule has 5 nitrogen and oxygen atoms in total. The van der Waals surface area contributed by atoms with Gasteiger partial charge in [0.15, 0.2) is 5.82 Å². The minimum Gasteiger partial charge on any atom is -0.306 e. The third-order valence-corrected chi connectivity index (χ3v) is 5.36. The molecule has 0 spiro atoms. The largest absolute Gasteiger partial charge is 0.306 e. The van der Waals surface area contributed by atoms with Crippen LogP contribution in [0.25, 0.3) is 16.6 Å². The Kier molecular flexibility index (Phi) is 4.14. The monoisotopic (exact) mass is 355 g/mol. The molecule has 1 aliphatic carbocycles. The topological polar surface area (TPSA) is 55.6 Å². The lowest BCUT2D eigenvalue weighted by Gasteiger charge is -2.24. The highest BCUT2D eigenvalue weighted by molar-refractivity contribution is 5.84. The average Bonchev–Trinajstić information content (AvgIpc) is 3.17. The third-order valence-electron chi connectivity index (χ3n) is 5.36. The van der Waals surface area contributed by atoms with E-state index in [1.165, 1.54) is 27.6 Å². The summed E-state index contributed by atoms with van der Waals surface area (Å²) in [5, 5.41) is 10.8. The van der Waals surface area contributed by atoms with Crippen molar-refractivity contribution in [2.75, 3.05) is 0 Å². The first-order valence-corrected chi connectivity index (χ1v) is 9.43. The molecule has 4 aromatic rings. The van der Waals surface area contributed by atoms with Crippen LogP contribution in [0, 0.1) is 0 Å². The highest BCUT2D eigenvalue weighted by atomic mass is 15.3. The lowest BCUT2D eigenvalue weighted by molar-refractivity contribution is 0.455. The molecule has 134 valence electrons. The Morgan fingerprint density at radius 3 is 2.96 bits per heavy atom. The van der Waals surface area contributed by atoms with Crippen LogP contribution in [0.2, 0.25) is 0 Å². The number of hydrogen-bond donors (Lipinski definition) is 1. The van der Waals surface area contributed by atoms with Crippen LogP contribution in [0.4, 0.5) is 0 Å². The standard InChI is InChI=1S/C22H21N5/c1-2-11-24-22(9-1)27-21-8-4-7-20(19(21)15-26-27)25-14-17-6-3-5-16-13-23-12-10-18(16)17/h1-3,5-6,9-13,15,20,25H,4,7-8,14H2. The summed E-state index contributed by atoms with van der Waals surface area (Å²) < 4.78 is 1.99. The van der Waals surface area contributed by atoms with Crippen LogP contribution in [0.1, 0.15) is 35.7 Å². The van der Waals surface area contributed by atoms with Gasteiger partial charge in [-0.15, -0.1) is 0 Å². The number of fused-ring (bicyclic) bond motifs is 2. The molecule has 0 saturated heterocycles. The van der Waals surface area contributed by atoms with Gasteiger partial charge in [0.05, 0.1) is 11.9 Å². The summed E-state index contributed by atoms with van der Waals surface area (Å²) in [5.74, 6) is 0.890. The summed E-state index contributed by atoms with van der Waals surface area (Å²) in [6, 6.07) is 14.8. The molecule has 3 aromatic heterocycles. The molecule has 3 heterocycles. The second-order valence-corrected chi connectivity index (χ2v) is 6.99. The van der Waals surface area contributed by atoms with E-state index in [0.717, 1.165) is 31.6 Å². The van der Waals surface area contributed by atoms with E-state index in [4.69, 9.17) is 0 Å². The molecule has 0 saturated carbocycles. The second-order valence-electron chi connectivity index (χ2n) is 6.99. The molecule has 1 unspecified atom stereocenters. The van der Waals surface area contributed by atoms with Crippen LogP contribution < -0.4 is 5.32 Å². The zero-order valence-electron chi connectivity index (χ0n) is 15.0. The van der Waals surface area contributed by atoms with Gasteiger partial charge < -0.3 is 5.32 Å². The van der Waals surface area contributed by atoms with Gasteiger partial charge >= 0.3 is 0 Å². The highest BCUT2D eigenvalue weighted by Gasteiger charge is 2.24. The van der Waals surface area contributed by atoms with E-state index >= 15 is 0 Å². The van der Waals surface area contributed by atoms with Crippen molar-refractivity contribution in [2.24, 2.45) is 0 Å². The average molecular weight is 355 g/mol. The Bertz CT molecular complexity index is 1070. The molecule has 0 fully saturated rings. The first-order chi connectivity index (χ1) is 13.4. The van der Waals surface area contributed by atoms with Crippen molar-refractivity contribution in [1.29, 1.82) is 0 Å². The van der Waals surface area contributed by atoms with Crippen molar-refractivity contribution in [3.63, 3.8) is 0 Å². The highest BCUT2D eigenvalue weighted by Crippen LogP contribution is 2.31. The number of benzene rings is 1. The van der Waals surface area contributed by atoms with Crippen LogP contribution >= 0.6 is 0 Å². The molecule has 0 aliphatic heterocycles. The van der Waals surface area contributed by atoms with Crippen molar-refractivity contribution in [1.82, 2.24) is 25.1 Å². The van der Waals surface area contributed by atoms with Gasteiger partial charge in [-0.2, -0.15) is 5.10 Å². The van der Waals surface area contributed by atoms with E-state index in [1.54, 1.807) is 0 Å². The molecule has 1 aliphatic rings. The van der Waals surface area contributed by atoms with Gasteiger partial charge in [0, 0.05) is 42.1 Å². The maximum Gasteiger partial charge on any atom is 0.153 e. The third kappa shape index (κ3) is 3.00. The molecular formula is C22H21N5. The smallest absolute Gasteiger partial charge is 0.153 e. The van der Waals surface area contributed by atoms with Crippen molar-refractivity contribution in [2.45, 2.75) is 31.8 Å². The maximum atomic E-state index is 4.63. The quantitative estimate of drug-likeness (QED) is 0.601. The molecule has 1 N–H and O–H groups in total. The van der Waals surface area contributed by atoms with Gasteiger partial charge in [-0.1, -0.05) is 24.3 Å². The van der Waals surface area contributed by atoms with Crippen LogP contribution in [-0.2, 0) is 13.0 Å². The Balaban J connectivity index is 1.41. The zero-order valence-corrected chi connectivity index (χ0v) is 15.0. The SMILES string of the molecule is c1ccc(-n2ncc3c2CCCC3NCc2cccc3cnccc23)nc1. The van der Waals surface area contributed by atoms with Gasteiger partial charge in [0.1, 0.15) is 0 Å². The molecule has 0 radical (unpaired) electrons.